The van der Waals surface area contributed by atoms with Gasteiger partial charge in [0.1, 0.15) is 5.75 Å². The van der Waals surface area contributed by atoms with Gasteiger partial charge in [0.05, 0.1) is 35.9 Å². The summed E-state index contributed by atoms with van der Waals surface area (Å²) in [5, 5.41) is 3.15. The number of hydrogen-bond acceptors (Lipinski definition) is 8. The molecule has 0 radical (unpaired) electrons. The molecule has 1 amide bonds. The molecule has 0 saturated heterocycles. The molecule has 0 aliphatic rings. The van der Waals surface area contributed by atoms with Crippen molar-refractivity contribution in [2.45, 2.75) is 36.8 Å². The molecule has 2 aromatic carbocycles. The third-order valence-electron chi connectivity index (χ3n) is 5.37. The second kappa shape index (κ2) is 12.4. The highest BCUT2D eigenvalue weighted by atomic mass is 32.2. The van der Waals surface area contributed by atoms with Gasteiger partial charge in [-0.15, -0.1) is 0 Å². The lowest BCUT2D eigenvalue weighted by Gasteiger charge is -2.17. The Morgan fingerprint density at radius 1 is 1.14 bits per heavy atom. The highest BCUT2D eigenvalue weighted by molar-refractivity contribution is 8.00. The smallest absolute Gasteiger partial charge is 0.337 e. The van der Waals surface area contributed by atoms with E-state index in [2.05, 4.69) is 10.3 Å². The fraction of sp³-hybridized carbons (Fsp3) is 0.360. The van der Waals surface area contributed by atoms with Crippen LogP contribution < -0.4 is 15.6 Å². The first-order valence-corrected chi connectivity index (χ1v) is 12.0. The monoisotopic (exact) mass is 499 g/mol. The SMILES string of the molecule is COCCCn1c(SC(C)C(=O)NCc2ccccc2OC)nc2cc(C(=O)OC)ccc2c1=O. The summed E-state index contributed by atoms with van der Waals surface area (Å²) >= 11 is 1.18. The van der Waals surface area contributed by atoms with Crippen molar-refractivity contribution in [3.8, 4) is 5.75 Å². The van der Waals surface area contributed by atoms with Gasteiger partial charge in [-0.25, -0.2) is 9.78 Å². The summed E-state index contributed by atoms with van der Waals surface area (Å²) in [6.45, 7) is 2.92. The fourth-order valence-corrected chi connectivity index (χ4v) is 4.45. The standard InChI is InChI=1S/C25H29N3O6S/c1-16(22(29)26-15-18-8-5-6-9-21(18)33-3)35-25-27-20-14-17(24(31)34-4)10-11-19(20)23(30)28(25)12-7-13-32-2/h5-6,8-11,14,16H,7,12-13,15H2,1-4H3,(H,26,29). The summed E-state index contributed by atoms with van der Waals surface area (Å²) in [5.74, 6) is -0.0315. The van der Waals surface area contributed by atoms with E-state index in [1.165, 1.54) is 31.0 Å². The molecule has 1 unspecified atom stereocenters. The van der Waals surface area contributed by atoms with Crippen molar-refractivity contribution in [3.63, 3.8) is 0 Å². The molecule has 0 saturated carbocycles. The number of thioether (sulfide) groups is 1. The van der Waals surface area contributed by atoms with Gasteiger partial charge in [-0.1, -0.05) is 30.0 Å². The van der Waals surface area contributed by atoms with E-state index in [0.717, 1.165) is 5.56 Å². The zero-order valence-corrected chi connectivity index (χ0v) is 21.0. The first-order valence-electron chi connectivity index (χ1n) is 11.1. The number of benzene rings is 2. The molecule has 186 valence electrons. The van der Waals surface area contributed by atoms with Gasteiger partial charge in [0.2, 0.25) is 5.91 Å². The molecular weight excluding hydrogens is 470 g/mol. The zero-order valence-electron chi connectivity index (χ0n) is 20.2. The van der Waals surface area contributed by atoms with E-state index >= 15 is 0 Å². The van der Waals surface area contributed by atoms with Crippen LogP contribution in [0.15, 0.2) is 52.4 Å². The van der Waals surface area contributed by atoms with Crippen LogP contribution >= 0.6 is 11.8 Å². The van der Waals surface area contributed by atoms with Crippen molar-refractivity contribution in [2.75, 3.05) is 27.9 Å². The van der Waals surface area contributed by atoms with Crippen LogP contribution in [-0.2, 0) is 27.4 Å². The van der Waals surface area contributed by atoms with Gasteiger partial charge in [-0.2, -0.15) is 0 Å². The number of ether oxygens (including phenoxy) is 3. The number of aromatic nitrogens is 2. The van der Waals surface area contributed by atoms with E-state index < -0.39 is 11.2 Å². The first kappa shape index (κ1) is 26.2. The third-order valence-corrected chi connectivity index (χ3v) is 6.46. The lowest BCUT2D eigenvalue weighted by molar-refractivity contribution is -0.120. The normalized spacial score (nSPS) is 11.8. The lowest BCUT2D eigenvalue weighted by atomic mass is 10.1. The average molecular weight is 500 g/mol. The van der Waals surface area contributed by atoms with E-state index in [9.17, 15) is 14.4 Å². The van der Waals surface area contributed by atoms with Crippen LogP contribution in [0, 0.1) is 0 Å². The van der Waals surface area contributed by atoms with E-state index in [1.807, 2.05) is 24.3 Å². The van der Waals surface area contributed by atoms with Crippen LogP contribution in [0.3, 0.4) is 0 Å². The van der Waals surface area contributed by atoms with Crippen molar-refractivity contribution >= 4 is 34.5 Å². The Labute approximate surface area is 207 Å². The Hall–Kier alpha value is -3.37. The van der Waals surface area contributed by atoms with Crippen molar-refractivity contribution < 1.29 is 23.8 Å². The van der Waals surface area contributed by atoms with Gasteiger partial charge in [0, 0.05) is 32.4 Å². The highest BCUT2D eigenvalue weighted by Gasteiger charge is 2.20. The van der Waals surface area contributed by atoms with Gasteiger partial charge in [-0.05, 0) is 37.6 Å². The average Bonchev–Trinajstić information content (AvgIpc) is 2.88. The maximum Gasteiger partial charge on any atom is 0.337 e. The zero-order chi connectivity index (χ0) is 25.4. The first-order chi connectivity index (χ1) is 16.9. The van der Waals surface area contributed by atoms with Crippen LogP contribution in [-0.4, -0.2) is 54.6 Å². The molecule has 10 heteroatoms. The van der Waals surface area contributed by atoms with Gasteiger partial charge in [0.25, 0.3) is 5.56 Å². The number of nitrogens with one attached hydrogen (secondary N) is 1. The number of hydrogen-bond donors (Lipinski definition) is 1. The predicted molar refractivity (Wildman–Crippen MR) is 134 cm³/mol. The summed E-state index contributed by atoms with van der Waals surface area (Å²) in [4.78, 5) is 42.7. The summed E-state index contributed by atoms with van der Waals surface area (Å²) < 4.78 is 16.8. The van der Waals surface area contributed by atoms with Crippen LogP contribution in [0.1, 0.15) is 29.3 Å². The molecule has 0 spiro atoms. The number of esters is 1. The Morgan fingerprint density at radius 3 is 2.63 bits per heavy atom. The van der Waals surface area contributed by atoms with E-state index in [1.54, 1.807) is 31.8 Å². The van der Waals surface area contributed by atoms with Crippen LogP contribution in [0.2, 0.25) is 0 Å². The Balaban J connectivity index is 1.87. The Bertz CT molecular complexity index is 1260. The minimum Gasteiger partial charge on any atom is -0.496 e. The number of rotatable bonds is 11. The molecule has 0 aliphatic heterocycles. The molecule has 9 nitrogen and oxygen atoms in total. The molecule has 3 rings (SSSR count). The van der Waals surface area contributed by atoms with Crippen molar-refractivity contribution in [1.29, 1.82) is 0 Å². The number of fused-ring (bicyclic) bond motifs is 1. The predicted octanol–water partition coefficient (Wildman–Crippen LogP) is 3.03. The van der Waals surface area contributed by atoms with Crippen LogP contribution in [0.4, 0.5) is 0 Å². The van der Waals surface area contributed by atoms with E-state index in [-0.39, 0.29) is 11.5 Å². The topological polar surface area (TPSA) is 109 Å². The maximum atomic E-state index is 13.3. The lowest BCUT2D eigenvalue weighted by Crippen LogP contribution is -2.32. The van der Waals surface area contributed by atoms with Crippen LogP contribution in [0.25, 0.3) is 10.9 Å². The number of amides is 1. The minimum absolute atomic E-state index is 0.206. The molecule has 0 aliphatic carbocycles. The summed E-state index contributed by atoms with van der Waals surface area (Å²) in [7, 11) is 4.47. The molecule has 35 heavy (non-hydrogen) atoms. The summed E-state index contributed by atoms with van der Waals surface area (Å²) in [6.07, 6.45) is 0.603. The molecule has 1 N–H and O–H groups in total. The number of methoxy groups -OCH3 is 3. The Morgan fingerprint density at radius 2 is 1.91 bits per heavy atom. The second-order valence-electron chi connectivity index (χ2n) is 7.71. The van der Waals surface area contributed by atoms with Gasteiger partial charge in [0.15, 0.2) is 5.16 Å². The number of nitrogens with zero attached hydrogens (tertiary/aromatic N) is 2. The number of carbonyl (C=O) groups is 2. The van der Waals surface area contributed by atoms with Crippen molar-refractivity contribution in [3.05, 3.63) is 63.9 Å². The van der Waals surface area contributed by atoms with Crippen molar-refractivity contribution in [1.82, 2.24) is 14.9 Å². The summed E-state index contributed by atoms with van der Waals surface area (Å²) in [5.41, 5.74) is 1.27. The van der Waals surface area contributed by atoms with Gasteiger partial charge < -0.3 is 19.5 Å². The molecule has 0 fully saturated rings. The maximum absolute atomic E-state index is 13.3. The third kappa shape index (κ3) is 6.40. The fourth-order valence-electron chi connectivity index (χ4n) is 3.49. The molecule has 1 heterocycles. The molecule has 1 atom stereocenters. The molecule has 3 aromatic rings. The van der Waals surface area contributed by atoms with Gasteiger partial charge in [-0.3, -0.25) is 14.2 Å². The highest BCUT2D eigenvalue weighted by Crippen LogP contribution is 2.24. The van der Waals surface area contributed by atoms with Crippen molar-refractivity contribution in [2.24, 2.45) is 0 Å². The largest absolute Gasteiger partial charge is 0.496 e. The van der Waals surface area contributed by atoms with Crippen LogP contribution in [0.5, 0.6) is 5.75 Å². The van der Waals surface area contributed by atoms with E-state index in [0.29, 0.717) is 53.5 Å². The van der Waals surface area contributed by atoms with E-state index in [4.69, 9.17) is 14.2 Å². The van der Waals surface area contributed by atoms with Gasteiger partial charge >= 0.3 is 5.97 Å². The molecule has 0 bridgehead atoms. The number of para-hydroxylation sites is 1. The minimum atomic E-state index is -0.536. The quantitative estimate of drug-likeness (QED) is 0.186. The molecular formula is C25H29N3O6S. The number of carbonyl (C=O) groups excluding carboxylic acids is 2. The summed E-state index contributed by atoms with van der Waals surface area (Å²) in [6, 6.07) is 12.1. The Kier molecular flexibility index (Phi) is 9.27. The second-order valence-corrected chi connectivity index (χ2v) is 9.02. The molecule has 1 aromatic heterocycles.